The van der Waals surface area contributed by atoms with Gasteiger partial charge in [0.2, 0.25) is 9.84 Å². The van der Waals surface area contributed by atoms with Crippen LogP contribution in [0.2, 0.25) is 0 Å². The Labute approximate surface area is 128 Å². The van der Waals surface area contributed by atoms with Gasteiger partial charge in [-0.2, -0.15) is 4.68 Å². The van der Waals surface area contributed by atoms with Crippen molar-refractivity contribution in [1.29, 1.82) is 0 Å². The predicted octanol–water partition coefficient (Wildman–Crippen LogP) is 0.790. The van der Waals surface area contributed by atoms with Crippen molar-refractivity contribution < 1.29 is 17.9 Å². The van der Waals surface area contributed by atoms with Gasteiger partial charge in [-0.15, -0.1) is 5.10 Å². The molecule has 1 heterocycles. The zero-order valence-corrected chi connectivity index (χ0v) is 13.2. The number of hydrogen-bond donors (Lipinski definition) is 0. The lowest BCUT2D eigenvalue weighted by Gasteiger charge is -2.08. The molecule has 9 heteroatoms. The van der Waals surface area contributed by atoms with Crippen molar-refractivity contribution in [3.05, 3.63) is 36.2 Å². The third-order valence-electron chi connectivity index (χ3n) is 2.87. The minimum atomic E-state index is -3.78. The minimum absolute atomic E-state index is 0.308. The lowest BCUT2D eigenvalue weighted by molar-refractivity contribution is 0.215. The Morgan fingerprint density at radius 3 is 2.64 bits per heavy atom. The fourth-order valence-corrected chi connectivity index (χ4v) is 2.98. The summed E-state index contributed by atoms with van der Waals surface area (Å²) in [5.41, 5.74) is 0.500. The number of carbonyl (C=O) groups excluding carboxylic acids is 1. The van der Waals surface area contributed by atoms with E-state index in [1.807, 2.05) is 0 Å². The molecule has 0 saturated heterocycles. The highest BCUT2D eigenvalue weighted by atomic mass is 32.2. The number of para-hydroxylation sites is 1. The third kappa shape index (κ3) is 3.25. The summed E-state index contributed by atoms with van der Waals surface area (Å²) in [7, 11) is 0.758. The summed E-state index contributed by atoms with van der Waals surface area (Å²) in [6.45, 7) is 0. The molecular weight excluding hydrogens is 308 g/mol. The molecule has 2 aromatic rings. The molecule has 0 atom stereocenters. The number of amides is 1. The minimum Gasteiger partial charge on any atom is -0.496 e. The highest BCUT2D eigenvalue weighted by Gasteiger charge is 2.23. The Balaban J connectivity index is 2.30. The van der Waals surface area contributed by atoms with E-state index in [1.54, 1.807) is 24.3 Å². The van der Waals surface area contributed by atoms with Crippen LogP contribution in [0.4, 0.5) is 4.79 Å². The topological polar surface area (TPSA) is 94.4 Å². The van der Waals surface area contributed by atoms with E-state index in [0.717, 1.165) is 11.0 Å². The van der Waals surface area contributed by atoms with Crippen molar-refractivity contribution >= 4 is 15.9 Å². The molecule has 0 bridgehead atoms. The molecule has 0 aliphatic rings. The Bertz CT molecular complexity index is 783. The van der Waals surface area contributed by atoms with Crippen LogP contribution in [0.5, 0.6) is 5.75 Å². The van der Waals surface area contributed by atoms with Gasteiger partial charge >= 0.3 is 6.03 Å². The number of hydrogen-bond acceptors (Lipinski definition) is 6. The molecule has 1 amide bonds. The number of nitrogens with zero attached hydrogens (tertiary/aromatic N) is 4. The second-order valence-corrected chi connectivity index (χ2v) is 6.60. The lowest BCUT2D eigenvalue weighted by Crippen LogP contribution is -2.27. The van der Waals surface area contributed by atoms with Gasteiger partial charge in [-0.05, 0) is 6.07 Å². The first-order valence-corrected chi connectivity index (χ1v) is 7.98. The molecule has 0 spiro atoms. The molecule has 22 heavy (non-hydrogen) atoms. The monoisotopic (exact) mass is 324 g/mol. The SMILES string of the molecule is COc1ccccc1CS(=O)(=O)c1ncn(C(=O)N(C)C)n1. The normalized spacial score (nSPS) is 11.2. The highest BCUT2D eigenvalue weighted by molar-refractivity contribution is 7.90. The summed E-state index contributed by atoms with van der Waals surface area (Å²) in [6, 6.07) is 6.31. The van der Waals surface area contributed by atoms with E-state index in [1.165, 1.54) is 26.1 Å². The summed E-state index contributed by atoms with van der Waals surface area (Å²) in [6.07, 6.45) is 1.08. The molecule has 0 fully saturated rings. The van der Waals surface area contributed by atoms with E-state index in [9.17, 15) is 13.2 Å². The van der Waals surface area contributed by atoms with Gasteiger partial charge in [-0.3, -0.25) is 0 Å². The molecule has 0 radical (unpaired) electrons. The fraction of sp³-hybridized carbons (Fsp3) is 0.308. The first-order chi connectivity index (χ1) is 10.3. The molecule has 0 N–H and O–H groups in total. The quantitative estimate of drug-likeness (QED) is 0.825. The maximum atomic E-state index is 12.4. The molecule has 0 saturated carbocycles. The zero-order chi connectivity index (χ0) is 16.3. The van der Waals surface area contributed by atoms with Crippen LogP contribution in [0.25, 0.3) is 0 Å². The maximum Gasteiger partial charge on any atom is 0.345 e. The number of ether oxygens (including phenoxy) is 1. The van der Waals surface area contributed by atoms with Crippen LogP contribution in [0.3, 0.4) is 0 Å². The summed E-state index contributed by atoms with van der Waals surface area (Å²) in [5, 5.41) is 3.35. The Morgan fingerprint density at radius 2 is 2.00 bits per heavy atom. The number of rotatable bonds is 4. The van der Waals surface area contributed by atoms with Crippen molar-refractivity contribution in [2.75, 3.05) is 21.2 Å². The first kappa shape index (κ1) is 16.0. The number of sulfone groups is 1. The van der Waals surface area contributed by atoms with Gasteiger partial charge < -0.3 is 9.64 Å². The average molecular weight is 324 g/mol. The van der Waals surface area contributed by atoms with Gasteiger partial charge in [-0.1, -0.05) is 18.2 Å². The average Bonchev–Trinajstić information content (AvgIpc) is 2.97. The van der Waals surface area contributed by atoms with Crippen LogP contribution in [0.1, 0.15) is 5.56 Å². The molecule has 0 unspecified atom stereocenters. The van der Waals surface area contributed by atoms with Crippen LogP contribution in [0.15, 0.2) is 35.7 Å². The number of aromatic nitrogens is 3. The van der Waals surface area contributed by atoms with E-state index >= 15 is 0 Å². The van der Waals surface area contributed by atoms with E-state index in [2.05, 4.69) is 10.1 Å². The highest BCUT2D eigenvalue weighted by Crippen LogP contribution is 2.22. The Hall–Kier alpha value is -2.42. The van der Waals surface area contributed by atoms with Crippen molar-refractivity contribution in [1.82, 2.24) is 19.7 Å². The van der Waals surface area contributed by atoms with Crippen molar-refractivity contribution in [2.45, 2.75) is 10.9 Å². The first-order valence-electron chi connectivity index (χ1n) is 6.33. The second-order valence-electron chi connectivity index (χ2n) is 4.72. The van der Waals surface area contributed by atoms with E-state index in [4.69, 9.17) is 4.74 Å². The zero-order valence-electron chi connectivity index (χ0n) is 12.4. The summed E-state index contributed by atoms with van der Waals surface area (Å²) in [4.78, 5) is 16.7. The molecule has 1 aromatic carbocycles. The number of methoxy groups -OCH3 is 1. The molecule has 1 aromatic heterocycles. The van der Waals surface area contributed by atoms with Crippen molar-refractivity contribution in [3.63, 3.8) is 0 Å². The maximum absolute atomic E-state index is 12.4. The van der Waals surface area contributed by atoms with Crippen molar-refractivity contribution in [2.24, 2.45) is 0 Å². The van der Waals surface area contributed by atoms with Gasteiger partial charge in [0.1, 0.15) is 12.1 Å². The molecular formula is C13H16N4O4S. The molecule has 8 nitrogen and oxygen atoms in total. The number of carbonyl (C=O) groups is 1. The van der Waals surface area contributed by atoms with Gasteiger partial charge in [-0.25, -0.2) is 18.2 Å². The van der Waals surface area contributed by atoms with Gasteiger partial charge in [0.05, 0.1) is 12.9 Å². The van der Waals surface area contributed by atoms with Crippen molar-refractivity contribution in [3.8, 4) is 5.75 Å². The Morgan fingerprint density at radius 1 is 1.32 bits per heavy atom. The standard InChI is InChI=1S/C13H16N4O4S/c1-16(2)13(18)17-9-14-12(15-17)22(19,20)8-10-6-4-5-7-11(10)21-3/h4-7,9H,8H2,1-3H3. The lowest BCUT2D eigenvalue weighted by atomic mass is 10.2. The molecule has 2 rings (SSSR count). The fourth-order valence-electron chi connectivity index (χ4n) is 1.78. The van der Waals surface area contributed by atoms with Gasteiger partial charge in [0.15, 0.2) is 0 Å². The van der Waals surface area contributed by atoms with Gasteiger partial charge in [0, 0.05) is 19.7 Å². The molecule has 0 aliphatic heterocycles. The largest absolute Gasteiger partial charge is 0.496 e. The van der Waals surface area contributed by atoms with E-state index in [0.29, 0.717) is 11.3 Å². The van der Waals surface area contributed by atoms with Crippen LogP contribution >= 0.6 is 0 Å². The molecule has 118 valence electrons. The smallest absolute Gasteiger partial charge is 0.345 e. The number of benzene rings is 1. The van der Waals surface area contributed by atoms with Crippen LogP contribution in [-0.4, -0.2) is 55.3 Å². The summed E-state index contributed by atoms with van der Waals surface area (Å²) >= 11 is 0. The predicted molar refractivity (Wildman–Crippen MR) is 78.4 cm³/mol. The summed E-state index contributed by atoms with van der Waals surface area (Å²) in [5.74, 6) is 0.159. The molecule has 0 aliphatic carbocycles. The third-order valence-corrected chi connectivity index (χ3v) is 4.30. The second kappa shape index (κ2) is 6.14. The Kier molecular flexibility index (Phi) is 4.45. The van der Waals surface area contributed by atoms with Crippen LogP contribution in [-0.2, 0) is 15.6 Å². The van der Waals surface area contributed by atoms with Gasteiger partial charge in [0.25, 0.3) is 5.16 Å². The van der Waals surface area contributed by atoms with Crippen LogP contribution < -0.4 is 4.74 Å². The summed E-state index contributed by atoms with van der Waals surface area (Å²) < 4.78 is 30.7. The van der Waals surface area contributed by atoms with E-state index in [-0.39, 0.29) is 5.75 Å². The van der Waals surface area contributed by atoms with E-state index < -0.39 is 21.0 Å². The van der Waals surface area contributed by atoms with Crippen LogP contribution in [0, 0.1) is 0 Å².